The van der Waals surface area contributed by atoms with E-state index in [9.17, 15) is 9.59 Å². The summed E-state index contributed by atoms with van der Waals surface area (Å²) in [7, 11) is 1.70. The summed E-state index contributed by atoms with van der Waals surface area (Å²) in [5.74, 6) is 0.548. The second-order valence-corrected chi connectivity index (χ2v) is 9.11. The van der Waals surface area contributed by atoms with Crippen LogP contribution in [0.3, 0.4) is 0 Å². The number of benzene rings is 1. The highest BCUT2D eigenvalue weighted by molar-refractivity contribution is 7.14. The predicted molar refractivity (Wildman–Crippen MR) is 122 cm³/mol. The van der Waals surface area contributed by atoms with Gasteiger partial charge in [0.2, 0.25) is 5.91 Å². The van der Waals surface area contributed by atoms with Crippen molar-refractivity contribution in [1.82, 2.24) is 4.98 Å². The number of nitrogens with zero attached hydrogens (tertiary/aromatic N) is 3. The van der Waals surface area contributed by atoms with Crippen LogP contribution in [0.15, 0.2) is 46.4 Å². The molecular weight excluding hydrogens is 410 g/mol. The smallest absolute Gasteiger partial charge is 0.295 e. The number of fused-ring (bicyclic) bond motifs is 1. The second-order valence-electron chi connectivity index (χ2n) is 8.28. The van der Waals surface area contributed by atoms with Crippen LogP contribution in [0, 0.1) is 5.92 Å². The molecule has 0 spiro atoms. The maximum Gasteiger partial charge on any atom is 0.295 e. The van der Waals surface area contributed by atoms with Gasteiger partial charge in [-0.1, -0.05) is 18.9 Å². The lowest BCUT2D eigenvalue weighted by Gasteiger charge is -2.31. The van der Waals surface area contributed by atoms with Crippen molar-refractivity contribution in [3.63, 3.8) is 0 Å². The average Bonchev–Trinajstić information content (AvgIpc) is 3.59. The average molecular weight is 436 g/mol. The Kier molecular flexibility index (Phi) is 5.36. The fourth-order valence-electron chi connectivity index (χ4n) is 4.58. The van der Waals surface area contributed by atoms with Crippen molar-refractivity contribution in [1.29, 1.82) is 0 Å². The van der Waals surface area contributed by atoms with E-state index >= 15 is 0 Å². The maximum absolute atomic E-state index is 13.0. The number of carbonyl (C=O) groups excluding carboxylic acids is 2. The zero-order valence-electron chi connectivity index (χ0n) is 17.5. The first-order valence-electron chi connectivity index (χ1n) is 10.8. The molecular formula is C24H25N3O3S. The molecule has 2 amide bonds. The number of carbonyl (C=O) groups is 2. The first-order chi connectivity index (χ1) is 15.1. The van der Waals surface area contributed by atoms with Crippen molar-refractivity contribution in [3.8, 4) is 11.3 Å². The van der Waals surface area contributed by atoms with Crippen LogP contribution >= 0.6 is 11.3 Å². The van der Waals surface area contributed by atoms with Crippen molar-refractivity contribution < 1.29 is 14.0 Å². The summed E-state index contributed by atoms with van der Waals surface area (Å²) in [4.78, 5) is 33.7. The van der Waals surface area contributed by atoms with Crippen LogP contribution in [-0.2, 0) is 11.2 Å². The second kappa shape index (κ2) is 8.30. The third kappa shape index (κ3) is 3.78. The van der Waals surface area contributed by atoms with Gasteiger partial charge in [0.25, 0.3) is 5.91 Å². The third-order valence-electron chi connectivity index (χ3n) is 6.28. The normalized spacial score (nSPS) is 16.4. The van der Waals surface area contributed by atoms with Gasteiger partial charge in [-0.05, 0) is 55.5 Å². The molecule has 1 aliphatic heterocycles. The van der Waals surface area contributed by atoms with E-state index in [0.29, 0.717) is 16.8 Å². The number of rotatable bonds is 4. The number of aryl methyl sites for hydroxylation is 1. The Labute approximate surface area is 185 Å². The van der Waals surface area contributed by atoms with Gasteiger partial charge in [0.1, 0.15) is 0 Å². The lowest BCUT2D eigenvalue weighted by molar-refractivity contribution is -0.122. The van der Waals surface area contributed by atoms with E-state index in [-0.39, 0.29) is 11.8 Å². The number of thiazole rings is 1. The van der Waals surface area contributed by atoms with E-state index in [1.54, 1.807) is 19.2 Å². The van der Waals surface area contributed by atoms with Gasteiger partial charge >= 0.3 is 0 Å². The number of aromatic nitrogens is 1. The molecule has 1 saturated carbocycles. The van der Waals surface area contributed by atoms with Gasteiger partial charge in [0, 0.05) is 36.1 Å². The van der Waals surface area contributed by atoms with Crippen LogP contribution in [0.5, 0.6) is 0 Å². The highest BCUT2D eigenvalue weighted by Gasteiger charge is 2.30. The molecule has 1 aromatic carbocycles. The summed E-state index contributed by atoms with van der Waals surface area (Å²) in [6.07, 6.45) is 7.81. The van der Waals surface area contributed by atoms with Crippen LogP contribution in [0.4, 0.5) is 10.8 Å². The molecule has 5 rings (SSSR count). The predicted octanol–water partition coefficient (Wildman–Crippen LogP) is 5.15. The Morgan fingerprint density at radius 1 is 1.19 bits per heavy atom. The van der Waals surface area contributed by atoms with Crippen LogP contribution < -0.4 is 9.80 Å². The maximum atomic E-state index is 13.0. The lowest BCUT2D eigenvalue weighted by atomic mass is 9.96. The minimum Gasteiger partial charge on any atom is -0.459 e. The molecule has 2 aromatic heterocycles. The molecule has 0 unspecified atom stereocenters. The van der Waals surface area contributed by atoms with Gasteiger partial charge < -0.3 is 9.32 Å². The van der Waals surface area contributed by atoms with Crippen LogP contribution in [0.1, 0.15) is 48.2 Å². The fourth-order valence-corrected chi connectivity index (χ4v) is 5.38. The molecule has 0 N–H and O–H groups in total. The molecule has 3 aromatic rings. The molecule has 1 aliphatic carbocycles. The minimum atomic E-state index is -0.225. The van der Waals surface area contributed by atoms with E-state index in [1.807, 2.05) is 16.3 Å². The third-order valence-corrected chi connectivity index (χ3v) is 7.20. The van der Waals surface area contributed by atoms with E-state index in [2.05, 4.69) is 17.1 Å². The lowest BCUT2D eigenvalue weighted by Crippen LogP contribution is -2.39. The van der Waals surface area contributed by atoms with Crippen molar-refractivity contribution in [2.24, 2.45) is 5.92 Å². The Balaban J connectivity index is 1.37. The van der Waals surface area contributed by atoms with Crippen LogP contribution in [0.25, 0.3) is 11.3 Å². The Morgan fingerprint density at radius 2 is 2.03 bits per heavy atom. The number of furan rings is 1. The molecule has 7 heteroatoms. The minimum absolute atomic E-state index is 0.189. The quantitative estimate of drug-likeness (QED) is 0.568. The van der Waals surface area contributed by atoms with E-state index in [0.717, 1.165) is 49.2 Å². The largest absolute Gasteiger partial charge is 0.459 e. The number of hydrogen-bond donors (Lipinski definition) is 0. The Morgan fingerprint density at radius 3 is 2.81 bits per heavy atom. The summed E-state index contributed by atoms with van der Waals surface area (Å²) in [5, 5.41) is 2.58. The number of hydrogen-bond acceptors (Lipinski definition) is 5. The molecule has 160 valence electrons. The zero-order valence-corrected chi connectivity index (χ0v) is 18.4. The highest BCUT2D eigenvalue weighted by atomic mass is 32.1. The highest BCUT2D eigenvalue weighted by Crippen LogP contribution is 2.36. The Bertz CT molecular complexity index is 1100. The molecule has 0 bridgehead atoms. The molecule has 31 heavy (non-hydrogen) atoms. The monoisotopic (exact) mass is 435 g/mol. The summed E-state index contributed by atoms with van der Waals surface area (Å²) in [6.45, 7) is 0.808. The van der Waals surface area contributed by atoms with Crippen molar-refractivity contribution in [2.75, 3.05) is 23.4 Å². The van der Waals surface area contributed by atoms with Gasteiger partial charge in [0.15, 0.2) is 10.9 Å². The molecule has 1 fully saturated rings. The summed E-state index contributed by atoms with van der Waals surface area (Å²) in [5.41, 5.74) is 4.09. The topological polar surface area (TPSA) is 66.7 Å². The molecule has 0 radical (unpaired) electrons. The van der Waals surface area contributed by atoms with Gasteiger partial charge in [-0.25, -0.2) is 4.98 Å². The van der Waals surface area contributed by atoms with Crippen LogP contribution in [-0.4, -0.2) is 30.4 Å². The van der Waals surface area contributed by atoms with Gasteiger partial charge in [-0.2, -0.15) is 0 Å². The SMILES string of the molecule is CN(C(=O)c1ccco1)c1nc(-c2ccc3c(c2)CCCN3C(=O)C2CCCC2)cs1. The van der Waals surface area contributed by atoms with E-state index in [4.69, 9.17) is 4.42 Å². The summed E-state index contributed by atoms with van der Waals surface area (Å²) >= 11 is 1.43. The first kappa shape index (κ1) is 20.0. The summed E-state index contributed by atoms with van der Waals surface area (Å²) < 4.78 is 5.21. The van der Waals surface area contributed by atoms with Gasteiger partial charge in [0.05, 0.1) is 12.0 Å². The van der Waals surface area contributed by atoms with Crippen LogP contribution in [0.2, 0.25) is 0 Å². The molecule has 0 saturated heterocycles. The molecule has 0 atom stereocenters. The fraction of sp³-hybridized carbons (Fsp3) is 0.375. The molecule has 3 heterocycles. The zero-order chi connectivity index (χ0) is 21.4. The van der Waals surface area contributed by atoms with Crippen molar-refractivity contribution in [3.05, 3.63) is 53.3 Å². The first-order valence-corrected chi connectivity index (χ1v) is 11.7. The standard InChI is InChI=1S/C24H25N3O3S/c1-26(23(29)21-9-5-13-30-21)24-25-19(15-31-24)17-10-11-20-18(14-17)8-4-12-27(20)22(28)16-6-2-3-7-16/h5,9-11,13-16H,2-4,6-8,12H2,1H3. The van der Waals surface area contributed by atoms with Crippen molar-refractivity contribution in [2.45, 2.75) is 38.5 Å². The number of amides is 2. The number of anilines is 2. The van der Waals surface area contributed by atoms with Gasteiger partial charge in [-0.3, -0.25) is 14.5 Å². The van der Waals surface area contributed by atoms with E-state index < -0.39 is 0 Å². The summed E-state index contributed by atoms with van der Waals surface area (Å²) in [6, 6.07) is 9.59. The van der Waals surface area contributed by atoms with Crippen molar-refractivity contribution >= 4 is 34.0 Å². The molecule has 6 nitrogen and oxygen atoms in total. The molecule has 2 aliphatic rings. The van der Waals surface area contributed by atoms with Gasteiger partial charge in [-0.15, -0.1) is 11.3 Å². The van der Waals surface area contributed by atoms with E-state index in [1.165, 1.54) is 40.9 Å². The Hall–Kier alpha value is -2.93.